The van der Waals surface area contributed by atoms with E-state index in [1.54, 1.807) is 24.3 Å². The molecule has 0 aliphatic heterocycles. The fourth-order valence-corrected chi connectivity index (χ4v) is 3.20. The highest BCUT2D eigenvalue weighted by Gasteiger charge is 2.33. The molecule has 1 fully saturated rings. The Labute approximate surface area is 120 Å². The average Bonchev–Trinajstić information content (AvgIpc) is 2.41. The second-order valence-corrected chi connectivity index (χ2v) is 7.13. The predicted octanol–water partition coefficient (Wildman–Crippen LogP) is 1.64. The van der Waals surface area contributed by atoms with E-state index in [0.29, 0.717) is 18.9 Å². The van der Waals surface area contributed by atoms with Gasteiger partial charge in [-0.3, -0.25) is 0 Å². The van der Waals surface area contributed by atoms with Crippen molar-refractivity contribution in [2.45, 2.75) is 43.0 Å². The van der Waals surface area contributed by atoms with Gasteiger partial charge in [0.15, 0.2) is 0 Å². The summed E-state index contributed by atoms with van der Waals surface area (Å²) in [6, 6.07) is 6.45. The van der Waals surface area contributed by atoms with Gasteiger partial charge in [-0.05, 0) is 49.9 Å². The lowest BCUT2D eigenvalue weighted by Crippen LogP contribution is -2.54. The Kier molecular flexibility index (Phi) is 4.67. The highest BCUT2D eigenvalue weighted by atomic mass is 32.2. The van der Waals surface area contributed by atoms with E-state index in [0.717, 1.165) is 25.7 Å². The SMILES string of the molecule is CCCOc1ccc(S(=O)(=O)NCC2(N)CCC2)cc1. The van der Waals surface area contributed by atoms with Gasteiger partial charge in [0.05, 0.1) is 11.5 Å². The van der Waals surface area contributed by atoms with Gasteiger partial charge in [-0.25, -0.2) is 13.1 Å². The maximum absolute atomic E-state index is 12.1. The van der Waals surface area contributed by atoms with E-state index in [1.807, 2.05) is 6.92 Å². The minimum Gasteiger partial charge on any atom is -0.494 e. The van der Waals surface area contributed by atoms with Gasteiger partial charge in [0.2, 0.25) is 10.0 Å². The summed E-state index contributed by atoms with van der Waals surface area (Å²) in [6.45, 7) is 2.94. The molecule has 1 saturated carbocycles. The molecule has 0 spiro atoms. The van der Waals surface area contributed by atoms with Gasteiger partial charge >= 0.3 is 0 Å². The number of nitrogens with one attached hydrogen (secondary N) is 1. The van der Waals surface area contributed by atoms with E-state index in [2.05, 4.69) is 4.72 Å². The van der Waals surface area contributed by atoms with Gasteiger partial charge in [-0.2, -0.15) is 0 Å². The first kappa shape index (κ1) is 15.3. The number of ether oxygens (including phenoxy) is 1. The van der Waals surface area contributed by atoms with Crippen molar-refractivity contribution in [2.24, 2.45) is 5.73 Å². The quantitative estimate of drug-likeness (QED) is 0.801. The summed E-state index contributed by atoms with van der Waals surface area (Å²) in [4.78, 5) is 0.240. The topological polar surface area (TPSA) is 81.4 Å². The van der Waals surface area contributed by atoms with Gasteiger partial charge in [-0.15, -0.1) is 0 Å². The molecule has 0 heterocycles. The Hall–Kier alpha value is -1.11. The van der Waals surface area contributed by atoms with Gasteiger partial charge in [0.25, 0.3) is 0 Å². The lowest BCUT2D eigenvalue weighted by atomic mass is 9.78. The van der Waals surface area contributed by atoms with Crippen LogP contribution in [0.3, 0.4) is 0 Å². The van der Waals surface area contributed by atoms with E-state index in [4.69, 9.17) is 10.5 Å². The summed E-state index contributed by atoms with van der Waals surface area (Å²) >= 11 is 0. The third kappa shape index (κ3) is 3.71. The van der Waals surface area contributed by atoms with Crippen LogP contribution in [-0.2, 0) is 10.0 Å². The first-order valence-electron chi connectivity index (χ1n) is 6.97. The van der Waals surface area contributed by atoms with Crippen LogP contribution < -0.4 is 15.2 Å². The lowest BCUT2D eigenvalue weighted by Gasteiger charge is -2.37. The molecule has 2 rings (SSSR count). The molecule has 1 aromatic rings. The molecule has 1 aliphatic carbocycles. The zero-order valence-corrected chi connectivity index (χ0v) is 12.6. The van der Waals surface area contributed by atoms with Crippen molar-refractivity contribution < 1.29 is 13.2 Å². The summed E-state index contributed by atoms with van der Waals surface area (Å²) in [5, 5.41) is 0. The van der Waals surface area contributed by atoms with Crippen LogP contribution in [0.15, 0.2) is 29.2 Å². The smallest absolute Gasteiger partial charge is 0.240 e. The maximum Gasteiger partial charge on any atom is 0.240 e. The minimum atomic E-state index is -3.49. The number of sulfonamides is 1. The molecule has 0 radical (unpaired) electrons. The summed E-state index contributed by atoms with van der Waals surface area (Å²) in [6.07, 6.45) is 3.74. The van der Waals surface area contributed by atoms with Crippen LogP contribution in [0.4, 0.5) is 0 Å². The largest absolute Gasteiger partial charge is 0.494 e. The molecule has 20 heavy (non-hydrogen) atoms. The number of benzene rings is 1. The lowest BCUT2D eigenvalue weighted by molar-refractivity contribution is 0.251. The normalized spacial score (nSPS) is 17.5. The zero-order valence-electron chi connectivity index (χ0n) is 11.8. The van der Waals surface area contributed by atoms with Gasteiger partial charge < -0.3 is 10.5 Å². The van der Waals surface area contributed by atoms with Crippen LogP contribution in [0.1, 0.15) is 32.6 Å². The van der Waals surface area contributed by atoms with Crippen LogP contribution in [0.5, 0.6) is 5.75 Å². The molecule has 3 N–H and O–H groups in total. The van der Waals surface area contributed by atoms with E-state index in [-0.39, 0.29) is 10.4 Å². The van der Waals surface area contributed by atoms with Crippen molar-refractivity contribution in [1.82, 2.24) is 4.72 Å². The van der Waals surface area contributed by atoms with Crippen LogP contribution in [0.25, 0.3) is 0 Å². The zero-order chi connectivity index (χ0) is 14.6. The summed E-state index contributed by atoms with van der Waals surface area (Å²) in [7, 11) is -3.49. The first-order chi connectivity index (χ1) is 9.45. The molecule has 0 aromatic heterocycles. The van der Waals surface area contributed by atoms with Crippen LogP contribution in [-0.4, -0.2) is 27.1 Å². The van der Waals surface area contributed by atoms with Crippen molar-refractivity contribution in [3.05, 3.63) is 24.3 Å². The van der Waals surface area contributed by atoms with Crippen molar-refractivity contribution in [2.75, 3.05) is 13.2 Å². The average molecular weight is 298 g/mol. The second-order valence-electron chi connectivity index (χ2n) is 5.36. The molecular weight excluding hydrogens is 276 g/mol. The molecule has 5 nitrogen and oxygen atoms in total. The highest BCUT2D eigenvalue weighted by molar-refractivity contribution is 7.89. The van der Waals surface area contributed by atoms with Crippen LogP contribution in [0.2, 0.25) is 0 Å². The second kappa shape index (κ2) is 6.11. The standard InChI is InChI=1S/C14H22N2O3S/c1-2-10-19-12-4-6-13(7-5-12)20(17,18)16-11-14(15)8-3-9-14/h4-7,16H,2-3,8-11,15H2,1H3. The number of hydrogen-bond acceptors (Lipinski definition) is 4. The van der Waals surface area contributed by atoms with E-state index in [9.17, 15) is 8.42 Å². The molecule has 112 valence electrons. The molecule has 0 atom stereocenters. The monoisotopic (exact) mass is 298 g/mol. The summed E-state index contributed by atoms with van der Waals surface area (Å²) in [5.41, 5.74) is 5.66. The molecule has 1 aromatic carbocycles. The highest BCUT2D eigenvalue weighted by Crippen LogP contribution is 2.28. The van der Waals surface area contributed by atoms with Crippen molar-refractivity contribution >= 4 is 10.0 Å². The fourth-order valence-electron chi connectivity index (χ4n) is 2.06. The molecule has 0 amide bonds. The van der Waals surface area contributed by atoms with Gasteiger partial charge in [0.1, 0.15) is 5.75 Å². The fraction of sp³-hybridized carbons (Fsp3) is 0.571. The summed E-state index contributed by atoms with van der Waals surface area (Å²) in [5.74, 6) is 0.681. The predicted molar refractivity (Wildman–Crippen MR) is 78.2 cm³/mol. The Morgan fingerprint density at radius 1 is 1.30 bits per heavy atom. The molecule has 0 saturated heterocycles. The Morgan fingerprint density at radius 2 is 1.95 bits per heavy atom. The Bertz CT molecular complexity index is 536. The van der Waals surface area contributed by atoms with Crippen molar-refractivity contribution in [3.63, 3.8) is 0 Å². The molecular formula is C14H22N2O3S. The van der Waals surface area contributed by atoms with Gasteiger partial charge in [-0.1, -0.05) is 6.92 Å². The molecule has 6 heteroatoms. The Balaban J connectivity index is 1.98. The summed E-state index contributed by atoms with van der Waals surface area (Å²) < 4.78 is 32.3. The number of hydrogen-bond donors (Lipinski definition) is 2. The number of nitrogens with two attached hydrogens (primary N) is 1. The number of rotatable bonds is 7. The van der Waals surface area contributed by atoms with Crippen molar-refractivity contribution in [3.8, 4) is 5.75 Å². The van der Waals surface area contributed by atoms with E-state index >= 15 is 0 Å². The van der Waals surface area contributed by atoms with Crippen molar-refractivity contribution in [1.29, 1.82) is 0 Å². The van der Waals surface area contributed by atoms with Gasteiger partial charge in [0, 0.05) is 12.1 Å². The van der Waals surface area contributed by atoms with E-state index < -0.39 is 10.0 Å². The van der Waals surface area contributed by atoms with Crippen LogP contribution >= 0.6 is 0 Å². The molecule has 0 bridgehead atoms. The first-order valence-corrected chi connectivity index (χ1v) is 8.45. The minimum absolute atomic E-state index is 0.240. The Morgan fingerprint density at radius 3 is 2.45 bits per heavy atom. The molecule has 0 unspecified atom stereocenters. The van der Waals surface area contributed by atoms with Crippen LogP contribution in [0, 0.1) is 0 Å². The maximum atomic E-state index is 12.1. The molecule has 1 aliphatic rings. The third-order valence-electron chi connectivity index (χ3n) is 3.57. The van der Waals surface area contributed by atoms with E-state index in [1.165, 1.54) is 0 Å². The third-order valence-corrected chi connectivity index (χ3v) is 4.99.